The van der Waals surface area contributed by atoms with Crippen LogP contribution in [0.3, 0.4) is 0 Å². The average Bonchev–Trinajstić information content (AvgIpc) is 2.92. The van der Waals surface area contributed by atoms with Crippen molar-refractivity contribution in [2.24, 2.45) is 0 Å². The fraction of sp³-hybridized carbons (Fsp3) is 0.400. The molecule has 15 heavy (non-hydrogen) atoms. The number of hydrogen-bond donors (Lipinski definition) is 2. The Bertz CT molecular complexity index is 335. The van der Waals surface area contributed by atoms with E-state index in [9.17, 15) is 0 Å². The van der Waals surface area contributed by atoms with Crippen LogP contribution < -0.4 is 12.8 Å². The zero-order valence-electron chi connectivity index (χ0n) is 8.48. The molecule has 0 aromatic heterocycles. The van der Waals surface area contributed by atoms with Gasteiger partial charge in [0.1, 0.15) is 0 Å². The molecule has 0 aliphatic carbocycles. The van der Waals surface area contributed by atoms with Gasteiger partial charge in [-0.2, -0.15) is 0 Å². The standard InChI is InChI=1S/C10H15AsN2O2/c1-2-4-10(5-3-1)11(12-6-8-14-11)13-7-9-15-11/h1-5,12-13H,6-9H2. The summed E-state index contributed by atoms with van der Waals surface area (Å²) in [7, 11) is 0. The second-order valence-corrected chi connectivity index (χ2v) is 11.3. The summed E-state index contributed by atoms with van der Waals surface area (Å²) in [4.78, 5) is 0. The molecule has 2 fully saturated rings. The van der Waals surface area contributed by atoms with Crippen molar-refractivity contribution in [2.75, 3.05) is 26.3 Å². The van der Waals surface area contributed by atoms with E-state index >= 15 is 0 Å². The van der Waals surface area contributed by atoms with E-state index in [-0.39, 0.29) is 0 Å². The first-order valence-corrected chi connectivity index (χ1v) is 9.58. The van der Waals surface area contributed by atoms with Crippen molar-refractivity contribution in [1.29, 1.82) is 0 Å². The number of rotatable bonds is 1. The Morgan fingerprint density at radius 2 is 1.53 bits per heavy atom. The number of hydrogen-bond acceptors (Lipinski definition) is 4. The molecule has 2 aliphatic heterocycles. The Morgan fingerprint density at radius 3 is 2.00 bits per heavy atom. The molecule has 1 aromatic carbocycles. The molecule has 4 nitrogen and oxygen atoms in total. The van der Waals surface area contributed by atoms with Crippen LogP contribution in [0, 0.1) is 0 Å². The number of nitrogens with one attached hydrogen (secondary N) is 2. The SMILES string of the molecule is c1ccc([As]23(NCCO2)NCCO3)cc1. The van der Waals surface area contributed by atoms with E-state index < -0.39 is 13.6 Å². The van der Waals surface area contributed by atoms with Crippen LogP contribution in [-0.4, -0.2) is 39.9 Å². The molecule has 0 bridgehead atoms. The minimum absolute atomic E-state index is 0.730. The van der Waals surface area contributed by atoms with Crippen LogP contribution in [0.15, 0.2) is 30.3 Å². The van der Waals surface area contributed by atoms with Gasteiger partial charge >= 0.3 is 90.5 Å². The second kappa shape index (κ2) is 3.30. The summed E-state index contributed by atoms with van der Waals surface area (Å²) < 4.78 is 20.1. The van der Waals surface area contributed by atoms with Gasteiger partial charge in [-0.25, -0.2) is 0 Å². The van der Waals surface area contributed by atoms with Crippen LogP contribution >= 0.6 is 0 Å². The molecule has 0 radical (unpaired) electrons. The Labute approximate surface area is 90.8 Å². The predicted molar refractivity (Wildman–Crippen MR) is 59.7 cm³/mol. The Morgan fingerprint density at radius 1 is 0.933 bits per heavy atom. The van der Waals surface area contributed by atoms with Gasteiger partial charge in [0.15, 0.2) is 0 Å². The topological polar surface area (TPSA) is 42.5 Å². The van der Waals surface area contributed by atoms with E-state index in [1.165, 1.54) is 0 Å². The molecule has 2 saturated heterocycles. The van der Waals surface area contributed by atoms with Crippen LogP contribution in [0.1, 0.15) is 0 Å². The van der Waals surface area contributed by atoms with E-state index in [2.05, 4.69) is 20.6 Å². The zero-order valence-corrected chi connectivity index (χ0v) is 10.4. The average molecular weight is 270 g/mol. The van der Waals surface area contributed by atoms with Crippen molar-refractivity contribution in [2.45, 2.75) is 0 Å². The van der Waals surface area contributed by atoms with Crippen molar-refractivity contribution in [3.8, 4) is 0 Å². The number of benzene rings is 1. The molecule has 1 spiro atoms. The zero-order chi connectivity index (χ0) is 10.2. The molecule has 0 saturated carbocycles. The first kappa shape index (κ1) is 9.82. The maximum atomic E-state index is 6.01. The fourth-order valence-corrected chi connectivity index (χ4v) is 10.2. The molecule has 5 heteroatoms. The molecule has 0 amide bonds. The van der Waals surface area contributed by atoms with Gasteiger partial charge in [0, 0.05) is 0 Å². The van der Waals surface area contributed by atoms with Gasteiger partial charge in [-0.3, -0.25) is 0 Å². The molecular weight excluding hydrogens is 255 g/mol. The van der Waals surface area contributed by atoms with Gasteiger partial charge < -0.3 is 0 Å². The summed E-state index contributed by atoms with van der Waals surface area (Å²) >= 11 is -3.47. The van der Waals surface area contributed by atoms with Crippen molar-refractivity contribution in [3.05, 3.63) is 30.3 Å². The molecule has 2 N–H and O–H groups in total. The Hall–Kier alpha value is -0.382. The van der Waals surface area contributed by atoms with E-state index in [0.717, 1.165) is 30.7 Å². The summed E-state index contributed by atoms with van der Waals surface area (Å²) in [5.41, 5.74) is 0. The molecular formula is C10H15AsN2O2. The van der Waals surface area contributed by atoms with Crippen LogP contribution in [-0.2, 0) is 7.45 Å². The summed E-state index contributed by atoms with van der Waals surface area (Å²) in [6.07, 6.45) is 0. The van der Waals surface area contributed by atoms with Crippen LogP contribution in [0.2, 0.25) is 0 Å². The van der Waals surface area contributed by atoms with Gasteiger partial charge in [-0.15, -0.1) is 0 Å². The summed E-state index contributed by atoms with van der Waals surface area (Å²) in [6, 6.07) is 10.2. The molecule has 2 aliphatic rings. The third-order valence-corrected chi connectivity index (χ3v) is 11.7. The van der Waals surface area contributed by atoms with Crippen molar-refractivity contribution >= 4 is 17.9 Å². The van der Waals surface area contributed by atoms with E-state index in [4.69, 9.17) is 7.45 Å². The normalized spacial score (nSPS) is 30.0. The molecule has 0 atom stereocenters. The van der Waals surface area contributed by atoms with Crippen LogP contribution in [0.5, 0.6) is 0 Å². The van der Waals surface area contributed by atoms with Crippen molar-refractivity contribution in [3.63, 3.8) is 0 Å². The van der Waals surface area contributed by atoms with Gasteiger partial charge in [0.2, 0.25) is 0 Å². The van der Waals surface area contributed by atoms with E-state index in [1.807, 2.05) is 18.2 Å². The maximum absolute atomic E-state index is 6.01. The molecule has 2 heterocycles. The minimum atomic E-state index is -3.47. The summed E-state index contributed by atoms with van der Waals surface area (Å²) in [5.74, 6) is 0. The molecule has 82 valence electrons. The van der Waals surface area contributed by atoms with E-state index in [1.54, 1.807) is 0 Å². The van der Waals surface area contributed by atoms with Crippen LogP contribution in [0.4, 0.5) is 0 Å². The molecule has 3 rings (SSSR count). The van der Waals surface area contributed by atoms with Gasteiger partial charge in [-0.1, -0.05) is 0 Å². The monoisotopic (exact) mass is 270 g/mol. The van der Waals surface area contributed by atoms with Gasteiger partial charge in [0.25, 0.3) is 0 Å². The second-order valence-electron chi connectivity index (χ2n) is 3.78. The van der Waals surface area contributed by atoms with Crippen molar-refractivity contribution in [1.82, 2.24) is 8.47 Å². The third kappa shape index (κ3) is 1.30. The first-order valence-electron chi connectivity index (χ1n) is 5.23. The van der Waals surface area contributed by atoms with E-state index in [0.29, 0.717) is 0 Å². The molecule has 1 aromatic rings. The van der Waals surface area contributed by atoms with Gasteiger partial charge in [0.05, 0.1) is 0 Å². The molecule has 0 unspecified atom stereocenters. The Balaban J connectivity index is 2.12. The fourth-order valence-electron chi connectivity index (χ4n) is 2.24. The third-order valence-electron chi connectivity index (χ3n) is 2.90. The quantitative estimate of drug-likeness (QED) is 0.677. The Kier molecular flexibility index (Phi) is 2.16. The van der Waals surface area contributed by atoms with Crippen molar-refractivity contribution < 1.29 is 7.45 Å². The first-order chi connectivity index (χ1) is 7.34. The summed E-state index contributed by atoms with van der Waals surface area (Å²) in [5, 5.41) is 0. The van der Waals surface area contributed by atoms with Gasteiger partial charge in [-0.05, 0) is 0 Å². The predicted octanol–water partition coefficient (Wildman–Crippen LogP) is -0.477. The summed E-state index contributed by atoms with van der Waals surface area (Å²) in [6.45, 7) is 3.20. The van der Waals surface area contributed by atoms with Crippen LogP contribution in [0.25, 0.3) is 0 Å².